The third kappa shape index (κ3) is 4.82. The van der Waals surface area contributed by atoms with Crippen molar-refractivity contribution in [3.05, 3.63) is 149 Å². The molecule has 2 aliphatic heterocycles. The van der Waals surface area contributed by atoms with E-state index < -0.39 is 27.1 Å². The van der Waals surface area contributed by atoms with Crippen molar-refractivity contribution in [3.63, 3.8) is 0 Å². The minimum atomic E-state index is -4.08. The summed E-state index contributed by atoms with van der Waals surface area (Å²) in [5.41, 5.74) is 1.75. The van der Waals surface area contributed by atoms with Crippen molar-refractivity contribution >= 4 is 16.0 Å². The van der Waals surface area contributed by atoms with Gasteiger partial charge in [0.2, 0.25) is 15.8 Å². The molecule has 2 aliphatic rings. The van der Waals surface area contributed by atoms with Crippen LogP contribution in [0.4, 0.5) is 0 Å². The molecule has 0 unspecified atom stereocenters. The Hall–Kier alpha value is -4.20. The number of benzene rings is 4. The minimum Gasteiger partial charge on any atom is -0.464 e. The van der Waals surface area contributed by atoms with Crippen molar-refractivity contribution in [3.8, 4) is 0 Å². The van der Waals surface area contributed by atoms with Gasteiger partial charge in [-0.2, -0.15) is 4.31 Å². The SMILES string of the molecule is COC(=O)C1=C[C@H](c2ccccc2)C[C@@]2(CC(c3ccccc3)(c3ccccc3)CN2S(=O)(=O)c2ccc(C)cc2)O1. The van der Waals surface area contributed by atoms with Crippen molar-refractivity contribution < 1.29 is 22.7 Å². The molecule has 7 heteroatoms. The quantitative estimate of drug-likeness (QED) is 0.250. The zero-order valence-corrected chi connectivity index (χ0v) is 24.5. The number of hydrogen-bond donors (Lipinski definition) is 0. The second-order valence-electron chi connectivity index (χ2n) is 11.1. The molecule has 2 atom stereocenters. The lowest BCUT2D eigenvalue weighted by atomic mass is 9.71. The summed E-state index contributed by atoms with van der Waals surface area (Å²) in [5.74, 6) is -0.912. The zero-order chi connectivity index (χ0) is 29.4. The number of nitrogens with zero attached hydrogens (tertiary/aromatic N) is 1. The maximum Gasteiger partial charge on any atom is 0.373 e. The van der Waals surface area contributed by atoms with Crippen LogP contribution in [0.3, 0.4) is 0 Å². The first-order chi connectivity index (χ1) is 20.3. The number of sulfonamides is 1. The minimum absolute atomic E-state index is 0.0126. The second-order valence-corrected chi connectivity index (χ2v) is 13.0. The lowest BCUT2D eigenvalue weighted by molar-refractivity contribution is -0.151. The highest BCUT2D eigenvalue weighted by molar-refractivity contribution is 7.89. The predicted molar refractivity (Wildman–Crippen MR) is 161 cm³/mol. The van der Waals surface area contributed by atoms with Gasteiger partial charge in [0, 0.05) is 30.7 Å². The Morgan fingerprint density at radius 1 is 0.833 bits per heavy atom. The zero-order valence-electron chi connectivity index (χ0n) is 23.6. The molecular weight excluding hydrogens is 546 g/mol. The number of esters is 1. The van der Waals surface area contributed by atoms with Gasteiger partial charge in [0.05, 0.1) is 12.0 Å². The van der Waals surface area contributed by atoms with Crippen LogP contribution in [-0.4, -0.2) is 38.1 Å². The van der Waals surface area contributed by atoms with E-state index in [0.29, 0.717) is 12.8 Å². The molecule has 6 nitrogen and oxygen atoms in total. The predicted octanol–water partition coefficient (Wildman–Crippen LogP) is 6.33. The normalized spacial score (nSPS) is 21.9. The average molecular weight is 580 g/mol. The van der Waals surface area contributed by atoms with Crippen LogP contribution in [0.1, 0.15) is 41.0 Å². The molecule has 4 aromatic rings. The number of hydrogen-bond acceptors (Lipinski definition) is 5. The van der Waals surface area contributed by atoms with Crippen LogP contribution in [0, 0.1) is 6.92 Å². The summed E-state index contributed by atoms with van der Waals surface area (Å²) in [5, 5.41) is 0. The fourth-order valence-electron chi connectivity index (χ4n) is 6.47. The van der Waals surface area contributed by atoms with Gasteiger partial charge in [0.25, 0.3) is 0 Å². The Labute approximate surface area is 247 Å². The summed E-state index contributed by atoms with van der Waals surface area (Å²) in [6.45, 7) is 2.05. The van der Waals surface area contributed by atoms with Gasteiger partial charge in [-0.15, -0.1) is 0 Å². The van der Waals surface area contributed by atoms with Crippen molar-refractivity contribution in [2.75, 3.05) is 13.7 Å². The molecular formula is C35H33NO5S. The van der Waals surface area contributed by atoms with Crippen LogP contribution in [0.2, 0.25) is 0 Å². The summed E-state index contributed by atoms with van der Waals surface area (Å²) in [4.78, 5) is 13.2. The Kier molecular flexibility index (Phi) is 7.25. The molecule has 0 saturated carbocycles. The summed E-state index contributed by atoms with van der Waals surface area (Å²) >= 11 is 0. The third-order valence-corrected chi connectivity index (χ3v) is 10.4. The molecule has 4 aromatic carbocycles. The van der Waals surface area contributed by atoms with E-state index in [0.717, 1.165) is 22.3 Å². The van der Waals surface area contributed by atoms with E-state index in [9.17, 15) is 13.2 Å². The third-order valence-electron chi connectivity index (χ3n) is 8.51. The summed E-state index contributed by atoms with van der Waals surface area (Å²) < 4.78 is 42.6. The number of carbonyl (C=O) groups excluding carboxylic acids is 1. The molecule has 214 valence electrons. The first kappa shape index (κ1) is 27.9. The number of methoxy groups -OCH3 is 1. The average Bonchev–Trinajstić information content (AvgIpc) is 3.37. The monoisotopic (exact) mass is 579 g/mol. The standard InChI is InChI=1S/C35H33NO5S/c1-26-18-20-31(21-19-26)42(38,39)36-25-34(29-14-8-4-9-15-29,30-16-10-5-11-17-30)24-35(36)23-28(27-12-6-3-7-13-27)22-32(41-35)33(37)40-2/h3-22,28H,23-25H2,1-2H3/t28-,35-/m0/s1. The van der Waals surface area contributed by atoms with Crippen molar-refractivity contribution in [2.45, 2.75) is 41.7 Å². The maximum absolute atomic E-state index is 14.7. The summed E-state index contributed by atoms with van der Waals surface area (Å²) in [6, 6.07) is 36.6. The molecule has 42 heavy (non-hydrogen) atoms. The molecule has 2 heterocycles. The fraction of sp³-hybridized carbons (Fsp3) is 0.229. The van der Waals surface area contributed by atoms with E-state index in [1.54, 1.807) is 30.3 Å². The largest absolute Gasteiger partial charge is 0.464 e. The van der Waals surface area contributed by atoms with Crippen LogP contribution >= 0.6 is 0 Å². The lowest BCUT2D eigenvalue weighted by Crippen LogP contribution is -2.51. The fourth-order valence-corrected chi connectivity index (χ4v) is 8.20. The van der Waals surface area contributed by atoms with Crippen molar-refractivity contribution in [1.29, 1.82) is 0 Å². The Morgan fingerprint density at radius 3 is 1.93 bits per heavy atom. The van der Waals surface area contributed by atoms with Crippen LogP contribution in [0.15, 0.2) is 132 Å². The van der Waals surface area contributed by atoms with Gasteiger partial charge < -0.3 is 9.47 Å². The topological polar surface area (TPSA) is 72.9 Å². The highest BCUT2D eigenvalue weighted by Gasteiger charge is 2.62. The van der Waals surface area contributed by atoms with Crippen LogP contribution in [0.25, 0.3) is 0 Å². The number of carbonyl (C=O) groups is 1. The number of allylic oxidation sites excluding steroid dienone is 1. The van der Waals surface area contributed by atoms with E-state index in [1.165, 1.54) is 11.4 Å². The Morgan fingerprint density at radius 2 is 1.38 bits per heavy atom. The van der Waals surface area contributed by atoms with E-state index >= 15 is 0 Å². The molecule has 0 aliphatic carbocycles. The van der Waals surface area contributed by atoms with E-state index in [-0.39, 0.29) is 23.1 Å². The highest BCUT2D eigenvalue weighted by atomic mass is 32.2. The smallest absolute Gasteiger partial charge is 0.373 e. The van der Waals surface area contributed by atoms with Gasteiger partial charge in [-0.1, -0.05) is 109 Å². The van der Waals surface area contributed by atoms with E-state index in [2.05, 4.69) is 0 Å². The van der Waals surface area contributed by atoms with Gasteiger partial charge in [0.1, 0.15) is 0 Å². The lowest BCUT2D eigenvalue weighted by Gasteiger charge is -2.42. The van der Waals surface area contributed by atoms with Gasteiger partial charge in [-0.05, 0) is 41.8 Å². The second kappa shape index (κ2) is 10.9. The van der Waals surface area contributed by atoms with Gasteiger partial charge >= 0.3 is 5.97 Å². The number of ether oxygens (including phenoxy) is 2. The molecule has 0 bridgehead atoms. The summed E-state index contributed by atoms with van der Waals surface area (Å²) in [7, 11) is -2.78. The Bertz CT molecular complexity index is 1660. The first-order valence-corrected chi connectivity index (χ1v) is 15.5. The molecule has 1 fully saturated rings. The molecule has 6 rings (SSSR count). The molecule has 0 aromatic heterocycles. The molecule has 1 saturated heterocycles. The summed E-state index contributed by atoms with van der Waals surface area (Å²) in [6.07, 6.45) is 2.38. The van der Waals surface area contributed by atoms with Gasteiger partial charge in [-0.25, -0.2) is 13.2 Å². The van der Waals surface area contributed by atoms with Gasteiger partial charge in [-0.3, -0.25) is 0 Å². The molecule has 0 amide bonds. The van der Waals surface area contributed by atoms with Crippen LogP contribution in [-0.2, 0) is 29.7 Å². The maximum atomic E-state index is 14.7. The van der Waals surface area contributed by atoms with E-state index in [1.807, 2.05) is 97.9 Å². The van der Waals surface area contributed by atoms with Gasteiger partial charge in [0.15, 0.2) is 5.72 Å². The number of rotatable bonds is 6. The highest BCUT2D eigenvalue weighted by Crippen LogP contribution is 2.55. The first-order valence-electron chi connectivity index (χ1n) is 14.0. The molecule has 0 radical (unpaired) electrons. The Balaban J connectivity index is 1.59. The van der Waals surface area contributed by atoms with E-state index in [4.69, 9.17) is 9.47 Å². The number of aryl methyl sites for hydroxylation is 1. The van der Waals surface area contributed by atoms with Crippen LogP contribution < -0.4 is 0 Å². The van der Waals surface area contributed by atoms with Crippen molar-refractivity contribution in [1.82, 2.24) is 4.31 Å². The molecule has 0 N–H and O–H groups in total. The van der Waals surface area contributed by atoms with Crippen LogP contribution in [0.5, 0.6) is 0 Å². The van der Waals surface area contributed by atoms with Crippen molar-refractivity contribution in [2.24, 2.45) is 0 Å². The molecule has 1 spiro atoms.